The molecule has 1 aromatic rings. The lowest BCUT2D eigenvalue weighted by atomic mass is 10.2. The highest BCUT2D eigenvalue weighted by atomic mass is 16.6. The van der Waals surface area contributed by atoms with Crippen LogP contribution in [-0.2, 0) is 4.74 Å². The number of hydrogen-bond donors (Lipinski definition) is 2. The summed E-state index contributed by atoms with van der Waals surface area (Å²) in [5.74, 6) is 0. The molecule has 0 saturated carbocycles. The van der Waals surface area contributed by atoms with E-state index in [2.05, 4.69) is 5.32 Å². The van der Waals surface area contributed by atoms with Gasteiger partial charge in [0.05, 0.1) is 0 Å². The molecule has 0 radical (unpaired) electrons. The number of carbonyl (C=O) groups is 1. The molecule has 1 amide bonds. The second-order valence-electron chi connectivity index (χ2n) is 4.25. The van der Waals surface area contributed by atoms with E-state index in [1.54, 1.807) is 24.3 Å². The monoisotopic (exact) mass is 238 g/mol. The smallest absolute Gasteiger partial charge is 0.412 e. The van der Waals surface area contributed by atoms with Crippen molar-refractivity contribution in [1.82, 2.24) is 0 Å². The van der Waals surface area contributed by atoms with Gasteiger partial charge in [-0.05, 0) is 45.0 Å². The Kier molecular flexibility index (Phi) is 6.10. The molecule has 0 atom stereocenters. The second-order valence-corrected chi connectivity index (χ2v) is 4.25. The minimum absolute atomic E-state index is 0.465. The molecule has 0 aromatic heterocycles. The van der Waals surface area contributed by atoms with Gasteiger partial charge in [-0.1, -0.05) is 13.8 Å². The minimum Gasteiger partial charge on any atom is -0.444 e. The van der Waals surface area contributed by atoms with Crippen LogP contribution in [0.15, 0.2) is 24.3 Å². The zero-order chi connectivity index (χ0) is 13.5. The average molecular weight is 238 g/mol. The predicted molar refractivity (Wildman–Crippen MR) is 72.1 cm³/mol. The summed E-state index contributed by atoms with van der Waals surface area (Å²) in [7, 11) is 0. The third-order valence-corrected chi connectivity index (χ3v) is 1.56. The summed E-state index contributed by atoms with van der Waals surface area (Å²) in [5, 5.41) is 2.61. The van der Waals surface area contributed by atoms with Gasteiger partial charge in [-0.3, -0.25) is 5.32 Å². The van der Waals surface area contributed by atoms with Crippen LogP contribution in [0.2, 0.25) is 0 Å². The maximum Gasteiger partial charge on any atom is 0.412 e. The molecule has 1 rings (SSSR count). The molecule has 17 heavy (non-hydrogen) atoms. The fourth-order valence-corrected chi connectivity index (χ4v) is 0.988. The molecule has 0 aliphatic rings. The van der Waals surface area contributed by atoms with Crippen molar-refractivity contribution in [2.45, 2.75) is 40.2 Å². The number of carbonyl (C=O) groups excluding carboxylic acids is 1. The van der Waals surface area contributed by atoms with Crippen molar-refractivity contribution in [3.63, 3.8) is 0 Å². The number of rotatable bonds is 1. The molecule has 3 N–H and O–H groups in total. The maximum absolute atomic E-state index is 11.3. The van der Waals surface area contributed by atoms with Crippen LogP contribution in [-0.4, -0.2) is 11.7 Å². The van der Waals surface area contributed by atoms with E-state index in [-0.39, 0.29) is 0 Å². The molecule has 0 bridgehead atoms. The molecule has 0 heterocycles. The van der Waals surface area contributed by atoms with Crippen LogP contribution in [0.3, 0.4) is 0 Å². The lowest BCUT2D eigenvalue weighted by Gasteiger charge is -2.19. The van der Waals surface area contributed by atoms with Crippen molar-refractivity contribution in [3.8, 4) is 0 Å². The number of nitrogen functional groups attached to an aromatic ring is 1. The Morgan fingerprint density at radius 1 is 1.18 bits per heavy atom. The van der Waals surface area contributed by atoms with Gasteiger partial charge in [0.15, 0.2) is 0 Å². The topological polar surface area (TPSA) is 64.3 Å². The van der Waals surface area contributed by atoms with Gasteiger partial charge in [0.1, 0.15) is 5.60 Å². The van der Waals surface area contributed by atoms with Crippen molar-refractivity contribution in [2.24, 2.45) is 0 Å². The summed E-state index contributed by atoms with van der Waals surface area (Å²) in [4.78, 5) is 11.3. The maximum atomic E-state index is 11.3. The lowest BCUT2D eigenvalue weighted by molar-refractivity contribution is 0.0636. The van der Waals surface area contributed by atoms with Gasteiger partial charge in [-0.2, -0.15) is 0 Å². The number of hydrogen-bond acceptors (Lipinski definition) is 3. The highest BCUT2D eigenvalue weighted by Gasteiger charge is 2.15. The van der Waals surface area contributed by atoms with Crippen molar-refractivity contribution >= 4 is 17.5 Å². The first-order valence-corrected chi connectivity index (χ1v) is 5.72. The molecule has 4 nitrogen and oxygen atoms in total. The highest BCUT2D eigenvalue weighted by Crippen LogP contribution is 2.13. The van der Waals surface area contributed by atoms with E-state index in [0.29, 0.717) is 11.4 Å². The molecular formula is C13H22N2O2. The zero-order valence-corrected chi connectivity index (χ0v) is 11.2. The van der Waals surface area contributed by atoms with Crippen LogP contribution in [0.5, 0.6) is 0 Å². The lowest BCUT2D eigenvalue weighted by Crippen LogP contribution is -2.27. The first kappa shape index (κ1) is 15.3. The largest absolute Gasteiger partial charge is 0.444 e. The first-order chi connectivity index (χ1) is 7.87. The van der Waals surface area contributed by atoms with Gasteiger partial charge in [-0.25, -0.2) is 4.79 Å². The Labute approximate surface area is 103 Å². The molecule has 96 valence electrons. The summed E-state index contributed by atoms with van der Waals surface area (Å²) in [5.41, 5.74) is 6.35. The van der Waals surface area contributed by atoms with Crippen LogP contribution < -0.4 is 11.1 Å². The number of anilines is 2. The van der Waals surface area contributed by atoms with Crippen LogP contribution in [0, 0.1) is 0 Å². The normalized spacial score (nSPS) is 9.94. The van der Waals surface area contributed by atoms with E-state index in [0.717, 1.165) is 0 Å². The van der Waals surface area contributed by atoms with E-state index < -0.39 is 11.7 Å². The molecular weight excluding hydrogens is 216 g/mol. The number of nitrogens with two attached hydrogens (primary N) is 1. The molecule has 0 aliphatic carbocycles. The predicted octanol–water partition coefficient (Wildman–Crippen LogP) is 3.64. The van der Waals surface area contributed by atoms with Crippen molar-refractivity contribution in [1.29, 1.82) is 0 Å². The van der Waals surface area contributed by atoms with Crippen LogP contribution >= 0.6 is 0 Å². The molecule has 1 aromatic carbocycles. The molecule has 0 fully saturated rings. The Hall–Kier alpha value is -1.71. The first-order valence-electron chi connectivity index (χ1n) is 5.72. The third-order valence-electron chi connectivity index (χ3n) is 1.56. The number of amides is 1. The van der Waals surface area contributed by atoms with Crippen LogP contribution in [0.1, 0.15) is 34.6 Å². The van der Waals surface area contributed by atoms with Crippen molar-refractivity contribution in [3.05, 3.63) is 24.3 Å². The van der Waals surface area contributed by atoms with E-state index in [1.807, 2.05) is 34.6 Å². The Morgan fingerprint density at radius 2 is 1.65 bits per heavy atom. The van der Waals surface area contributed by atoms with Crippen LogP contribution in [0.4, 0.5) is 16.2 Å². The van der Waals surface area contributed by atoms with Gasteiger partial charge < -0.3 is 10.5 Å². The Morgan fingerprint density at radius 3 is 2.06 bits per heavy atom. The number of ether oxygens (including phenoxy) is 1. The zero-order valence-electron chi connectivity index (χ0n) is 11.2. The van der Waals surface area contributed by atoms with E-state index >= 15 is 0 Å². The summed E-state index contributed by atoms with van der Waals surface area (Å²) < 4.78 is 5.09. The number of nitrogens with one attached hydrogen (secondary N) is 1. The second kappa shape index (κ2) is 6.78. The van der Waals surface area contributed by atoms with Crippen molar-refractivity contribution in [2.75, 3.05) is 11.1 Å². The summed E-state index contributed by atoms with van der Waals surface area (Å²) >= 11 is 0. The standard InChI is InChI=1S/C11H16N2O2.C2H6/c1-11(2,3)15-10(14)13-9-6-4-8(12)5-7-9;1-2/h4-7H,12H2,1-3H3,(H,13,14);1-2H3. The van der Waals surface area contributed by atoms with Gasteiger partial charge >= 0.3 is 6.09 Å². The molecule has 0 unspecified atom stereocenters. The van der Waals surface area contributed by atoms with Gasteiger partial charge in [0.25, 0.3) is 0 Å². The summed E-state index contributed by atoms with van der Waals surface area (Å²) in [6.07, 6.45) is -0.465. The van der Waals surface area contributed by atoms with E-state index in [1.165, 1.54) is 0 Å². The highest BCUT2D eigenvalue weighted by molar-refractivity contribution is 5.85. The fraction of sp³-hybridized carbons (Fsp3) is 0.462. The molecule has 4 heteroatoms. The molecule has 0 aliphatic heterocycles. The fourth-order valence-electron chi connectivity index (χ4n) is 0.988. The number of benzene rings is 1. The summed E-state index contributed by atoms with van der Waals surface area (Å²) in [6.45, 7) is 9.45. The van der Waals surface area contributed by atoms with E-state index in [9.17, 15) is 4.79 Å². The Balaban J connectivity index is 0.00000121. The Bertz CT molecular complexity index is 339. The van der Waals surface area contributed by atoms with Crippen LogP contribution in [0.25, 0.3) is 0 Å². The molecule has 0 saturated heterocycles. The summed E-state index contributed by atoms with van der Waals surface area (Å²) in [6, 6.07) is 6.87. The SMILES string of the molecule is CC.CC(C)(C)OC(=O)Nc1ccc(N)cc1. The van der Waals surface area contributed by atoms with Gasteiger partial charge in [0.2, 0.25) is 0 Å². The average Bonchev–Trinajstić information content (AvgIpc) is 2.22. The third kappa shape index (κ3) is 7.22. The van der Waals surface area contributed by atoms with Crippen molar-refractivity contribution < 1.29 is 9.53 Å². The van der Waals surface area contributed by atoms with Gasteiger partial charge in [0, 0.05) is 11.4 Å². The minimum atomic E-state index is -0.488. The van der Waals surface area contributed by atoms with E-state index in [4.69, 9.17) is 10.5 Å². The quantitative estimate of drug-likeness (QED) is 0.734. The molecule has 0 spiro atoms. The van der Waals surface area contributed by atoms with Gasteiger partial charge in [-0.15, -0.1) is 0 Å².